The fraction of sp³-hybridized carbons (Fsp3) is 0.275. The molecule has 0 aliphatic carbocycles. The van der Waals surface area contributed by atoms with Crippen LogP contribution in [0.4, 0.5) is 26.3 Å². The molecule has 1 aliphatic rings. The third-order valence-corrected chi connectivity index (χ3v) is 9.30. The lowest BCUT2D eigenvalue weighted by molar-refractivity contribution is -0.277. The first-order chi connectivity index (χ1) is 27.6. The van der Waals surface area contributed by atoms with E-state index in [-0.39, 0.29) is 34.1 Å². The molecular formula is C40H32F6O12. The molecule has 1 aliphatic heterocycles. The number of halogens is 6. The first-order valence-electron chi connectivity index (χ1n) is 17.0. The van der Waals surface area contributed by atoms with Gasteiger partial charge in [-0.2, -0.15) is 26.3 Å². The van der Waals surface area contributed by atoms with Crippen LogP contribution >= 0.6 is 0 Å². The largest absolute Gasteiger partial charge is 0.493 e. The highest BCUT2D eigenvalue weighted by atomic mass is 19.4. The maximum Gasteiger partial charge on any atom is 0.432 e. The number of esters is 2. The second-order valence-electron chi connectivity index (χ2n) is 12.5. The first kappa shape index (κ1) is 41.4. The van der Waals surface area contributed by atoms with Gasteiger partial charge in [-0.15, -0.1) is 0 Å². The van der Waals surface area contributed by atoms with Crippen LogP contribution in [-0.2, 0) is 35.0 Å². The minimum Gasteiger partial charge on any atom is -0.493 e. The summed E-state index contributed by atoms with van der Waals surface area (Å²) in [6, 6.07) is 19.6. The summed E-state index contributed by atoms with van der Waals surface area (Å²) in [5.41, 5.74) is -9.16. The smallest absolute Gasteiger partial charge is 0.432 e. The Morgan fingerprint density at radius 2 is 1.21 bits per heavy atom. The van der Waals surface area contributed by atoms with Gasteiger partial charge in [0, 0.05) is 42.4 Å². The molecule has 0 radical (unpaired) electrons. The lowest BCUT2D eigenvalue weighted by atomic mass is 9.92. The van der Waals surface area contributed by atoms with Crippen molar-refractivity contribution in [2.75, 3.05) is 35.0 Å². The van der Waals surface area contributed by atoms with E-state index in [0.717, 1.165) is 43.5 Å². The second-order valence-corrected chi connectivity index (χ2v) is 12.5. The molecule has 306 valence electrons. The number of hydrogen-bond donors (Lipinski definition) is 0. The van der Waals surface area contributed by atoms with Crippen molar-refractivity contribution in [3.63, 3.8) is 0 Å². The molecular weight excluding hydrogens is 786 g/mol. The van der Waals surface area contributed by atoms with Crippen LogP contribution in [0.3, 0.4) is 0 Å². The van der Waals surface area contributed by atoms with Gasteiger partial charge in [-0.3, -0.25) is 0 Å². The number of carbonyl (C=O) groups is 2. The molecule has 0 unspecified atom stereocenters. The summed E-state index contributed by atoms with van der Waals surface area (Å²) in [5, 5.41) is 0.293. The Balaban J connectivity index is 1.41. The number of rotatable bonds is 12. The fourth-order valence-corrected chi connectivity index (χ4v) is 6.48. The van der Waals surface area contributed by atoms with Gasteiger partial charge in [0.15, 0.2) is 35.0 Å². The van der Waals surface area contributed by atoms with E-state index in [0.29, 0.717) is 19.6 Å². The zero-order valence-corrected chi connectivity index (χ0v) is 30.8. The Morgan fingerprint density at radius 3 is 1.74 bits per heavy atom. The molecule has 0 spiro atoms. The van der Waals surface area contributed by atoms with Gasteiger partial charge in [0.1, 0.15) is 6.61 Å². The summed E-state index contributed by atoms with van der Waals surface area (Å²) in [7, 11) is 3.80. The molecule has 58 heavy (non-hydrogen) atoms. The predicted octanol–water partition coefficient (Wildman–Crippen LogP) is 7.35. The molecule has 5 aromatic rings. The van der Waals surface area contributed by atoms with Crippen LogP contribution in [0, 0.1) is 0 Å². The monoisotopic (exact) mass is 818 g/mol. The lowest BCUT2D eigenvalue weighted by Crippen LogP contribution is -2.52. The fourth-order valence-electron chi connectivity index (χ4n) is 6.48. The molecule has 18 heteroatoms. The van der Waals surface area contributed by atoms with Crippen LogP contribution in [-0.4, -0.2) is 65.4 Å². The molecule has 2 heterocycles. The number of carbonyl (C=O) groups excluding carboxylic acids is 2. The van der Waals surface area contributed by atoms with E-state index < -0.39 is 76.8 Å². The van der Waals surface area contributed by atoms with Crippen molar-refractivity contribution in [1.29, 1.82) is 0 Å². The highest BCUT2D eigenvalue weighted by Gasteiger charge is 2.65. The Bertz CT molecular complexity index is 2350. The highest BCUT2D eigenvalue weighted by molar-refractivity contribution is 5.89. The zero-order chi connectivity index (χ0) is 42.0. The Kier molecular flexibility index (Phi) is 11.4. The summed E-state index contributed by atoms with van der Waals surface area (Å²) >= 11 is 0. The van der Waals surface area contributed by atoms with Gasteiger partial charge < -0.3 is 42.3 Å². The summed E-state index contributed by atoms with van der Waals surface area (Å²) in [5.74, 6) is -4.86. The molecule has 0 amide bonds. The van der Waals surface area contributed by atoms with E-state index in [2.05, 4.69) is 0 Å². The molecule has 4 atom stereocenters. The van der Waals surface area contributed by atoms with Crippen molar-refractivity contribution >= 4 is 22.9 Å². The number of fused-ring (bicyclic) bond motifs is 3. The molecule has 4 aromatic carbocycles. The summed E-state index contributed by atoms with van der Waals surface area (Å²) in [6.07, 6.45) is -13.6. The second kappa shape index (κ2) is 15.9. The van der Waals surface area contributed by atoms with Gasteiger partial charge in [0.05, 0.1) is 14.2 Å². The van der Waals surface area contributed by atoms with E-state index in [1.165, 1.54) is 67.8 Å². The topological polar surface area (TPSA) is 138 Å². The highest BCUT2D eigenvalue weighted by Crippen LogP contribution is 2.51. The van der Waals surface area contributed by atoms with Gasteiger partial charge in [-0.25, -0.2) is 14.4 Å². The normalized spacial score (nSPS) is 17.4. The standard InChI is InChI=1S/C40H32F6O12/c1-50-27-19-22(15-17-26(27)56-36(49)38(53-4,40(44,45)46)25-13-9-6-10-14-25)31-29(21-54-35(48)37(52-3,39(41,42)43)24-11-7-5-8-12-24)55-34-32-23(16-18-30(47)57-32)20-28(51-2)33(34)58-31/h5-20,29,31H,21H2,1-4H3/t29-,31-,37+,38+/m1/s1. The zero-order valence-electron chi connectivity index (χ0n) is 30.8. The average molecular weight is 819 g/mol. The molecule has 1 aromatic heterocycles. The molecule has 12 nitrogen and oxygen atoms in total. The van der Waals surface area contributed by atoms with Crippen LogP contribution in [0.1, 0.15) is 22.8 Å². The molecule has 6 rings (SSSR count). The number of hydrogen-bond acceptors (Lipinski definition) is 12. The molecule has 0 fully saturated rings. The van der Waals surface area contributed by atoms with Crippen molar-refractivity contribution in [2.24, 2.45) is 0 Å². The van der Waals surface area contributed by atoms with Crippen molar-refractivity contribution in [2.45, 2.75) is 35.8 Å². The van der Waals surface area contributed by atoms with E-state index in [9.17, 15) is 40.7 Å². The predicted molar refractivity (Wildman–Crippen MR) is 189 cm³/mol. The van der Waals surface area contributed by atoms with E-state index in [1.807, 2.05) is 0 Å². The van der Waals surface area contributed by atoms with E-state index in [4.69, 9.17) is 42.3 Å². The number of alkyl halides is 6. The first-order valence-corrected chi connectivity index (χ1v) is 17.0. The van der Waals surface area contributed by atoms with Crippen LogP contribution in [0.2, 0.25) is 0 Å². The summed E-state index contributed by atoms with van der Waals surface area (Å²) < 4.78 is 137. The Morgan fingerprint density at radius 1 is 0.638 bits per heavy atom. The molecule has 0 saturated heterocycles. The third kappa shape index (κ3) is 7.13. The molecule has 0 bridgehead atoms. The van der Waals surface area contributed by atoms with Crippen LogP contribution < -0.4 is 29.3 Å². The minimum atomic E-state index is -5.32. The maximum atomic E-state index is 14.7. The maximum absolute atomic E-state index is 14.7. The third-order valence-electron chi connectivity index (χ3n) is 9.30. The van der Waals surface area contributed by atoms with Crippen LogP contribution in [0.25, 0.3) is 11.0 Å². The van der Waals surface area contributed by atoms with Crippen LogP contribution in [0.5, 0.6) is 28.7 Å². The number of ether oxygens (including phenoxy) is 8. The van der Waals surface area contributed by atoms with Gasteiger partial charge in [-0.05, 0) is 24.3 Å². The number of benzene rings is 4. The summed E-state index contributed by atoms with van der Waals surface area (Å²) in [6.45, 7) is -0.954. The molecule has 0 saturated carbocycles. The van der Waals surface area contributed by atoms with Crippen molar-refractivity contribution in [1.82, 2.24) is 0 Å². The van der Waals surface area contributed by atoms with Crippen LogP contribution in [0.15, 0.2) is 106 Å². The van der Waals surface area contributed by atoms with Gasteiger partial charge >= 0.3 is 29.9 Å². The Labute approximate surface area is 324 Å². The summed E-state index contributed by atoms with van der Waals surface area (Å²) in [4.78, 5) is 39.3. The quantitative estimate of drug-likeness (QED) is 0.0539. The lowest BCUT2D eigenvalue weighted by Gasteiger charge is -2.36. The molecule has 0 N–H and O–H groups in total. The van der Waals surface area contributed by atoms with Crippen molar-refractivity contribution < 1.29 is 78.2 Å². The van der Waals surface area contributed by atoms with Crippen molar-refractivity contribution in [3.8, 4) is 28.7 Å². The van der Waals surface area contributed by atoms with Gasteiger partial charge in [-0.1, -0.05) is 66.7 Å². The van der Waals surface area contributed by atoms with Gasteiger partial charge in [0.25, 0.3) is 11.2 Å². The van der Waals surface area contributed by atoms with E-state index in [1.54, 1.807) is 0 Å². The Hall–Kier alpha value is -6.27. The van der Waals surface area contributed by atoms with Gasteiger partial charge in [0.2, 0.25) is 11.5 Å². The minimum absolute atomic E-state index is 0.0535. The SMILES string of the molecule is COc1cc([C@H]2Oc3c(OC)cc4ccc(=O)oc4c3O[C@@H]2COC(=O)[C@@](OC)(c2ccccc2)C(F)(F)F)ccc1OC(=O)[C@@](OC)(c1ccccc1)C(F)(F)F. The number of methoxy groups -OCH3 is 4. The van der Waals surface area contributed by atoms with Crippen molar-refractivity contribution in [3.05, 3.63) is 124 Å². The average Bonchev–Trinajstić information content (AvgIpc) is 3.20. The van der Waals surface area contributed by atoms with E-state index >= 15 is 0 Å².